The van der Waals surface area contributed by atoms with Gasteiger partial charge in [0.1, 0.15) is 18.0 Å². The van der Waals surface area contributed by atoms with Crippen LogP contribution in [0, 0.1) is 0 Å². The van der Waals surface area contributed by atoms with Gasteiger partial charge in [-0.2, -0.15) is 0 Å². The Morgan fingerprint density at radius 2 is 1.43 bits per heavy atom. The van der Waals surface area contributed by atoms with Gasteiger partial charge in [0.2, 0.25) is 11.3 Å². The molecule has 1 aliphatic rings. The van der Waals surface area contributed by atoms with Crippen LogP contribution in [0.5, 0.6) is 5.75 Å². The van der Waals surface area contributed by atoms with Crippen molar-refractivity contribution in [2.45, 2.75) is 23.5 Å². The molecule has 1 fully saturated rings. The van der Waals surface area contributed by atoms with Crippen molar-refractivity contribution < 1.29 is 19.7 Å². The minimum Gasteiger partial charge on any atom is -0.474 e. The molecule has 1 aliphatic heterocycles. The summed E-state index contributed by atoms with van der Waals surface area (Å²) in [7, 11) is 0. The van der Waals surface area contributed by atoms with Crippen molar-refractivity contribution in [1.29, 1.82) is 0 Å². The summed E-state index contributed by atoms with van der Waals surface area (Å²) in [4.78, 5) is 27.6. The predicted molar refractivity (Wildman–Crippen MR) is 128 cm³/mol. The van der Waals surface area contributed by atoms with Crippen molar-refractivity contribution in [2.75, 3.05) is 6.61 Å². The van der Waals surface area contributed by atoms with E-state index < -0.39 is 41.4 Å². The van der Waals surface area contributed by atoms with Crippen LogP contribution in [0.2, 0.25) is 0 Å². The molecule has 0 aliphatic carbocycles. The molecule has 8 nitrogen and oxygen atoms in total. The van der Waals surface area contributed by atoms with Crippen molar-refractivity contribution in [2.24, 2.45) is 0 Å². The van der Waals surface area contributed by atoms with E-state index in [4.69, 9.17) is 9.47 Å². The molecule has 4 atom stereocenters. The van der Waals surface area contributed by atoms with Crippen LogP contribution >= 0.6 is 0 Å². The van der Waals surface area contributed by atoms with Gasteiger partial charge in [-0.25, -0.2) is 4.79 Å². The lowest BCUT2D eigenvalue weighted by atomic mass is 9.75. The van der Waals surface area contributed by atoms with Crippen LogP contribution < -0.4 is 16.0 Å². The highest BCUT2D eigenvalue weighted by atomic mass is 16.6. The molecule has 4 aromatic rings. The zero-order valence-electron chi connectivity index (χ0n) is 18.7. The summed E-state index contributed by atoms with van der Waals surface area (Å²) in [6.07, 6.45) is -1.24. The molecule has 1 saturated heterocycles. The highest BCUT2D eigenvalue weighted by Gasteiger charge is 2.71. The van der Waals surface area contributed by atoms with Gasteiger partial charge in [0.15, 0.2) is 0 Å². The molecule has 3 N–H and O–H groups in total. The van der Waals surface area contributed by atoms with E-state index in [1.165, 1.54) is 16.8 Å². The third kappa shape index (κ3) is 3.50. The van der Waals surface area contributed by atoms with E-state index >= 15 is 0 Å². The minimum atomic E-state index is -1.82. The molecule has 35 heavy (non-hydrogen) atoms. The molecule has 0 amide bonds. The van der Waals surface area contributed by atoms with Crippen molar-refractivity contribution in [3.63, 3.8) is 0 Å². The standard InChI is InChI=1S/C27H24N2O6/c30-18-22-24(32)26(19-10-4-1-5-11-19,34-21-14-8-3-9-15-21)27(35-22,20-12-6-2-7-13-20)29-17-16-23(31)28-25(29)33/h1-17,22,24,30,32H,18H2,(H,28,31,33)/t22-,24-,26-,27-/m1/s1. The summed E-state index contributed by atoms with van der Waals surface area (Å²) in [6, 6.07) is 27.8. The number of aromatic amines is 1. The van der Waals surface area contributed by atoms with Crippen molar-refractivity contribution in [1.82, 2.24) is 9.55 Å². The Morgan fingerprint density at radius 3 is 2.00 bits per heavy atom. The Kier molecular flexibility index (Phi) is 5.86. The number of rotatable bonds is 6. The lowest BCUT2D eigenvalue weighted by Gasteiger charge is -2.46. The van der Waals surface area contributed by atoms with E-state index in [1.54, 1.807) is 72.8 Å². The molecule has 0 unspecified atom stereocenters. The maximum absolute atomic E-state index is 13.3. The number of hydrogen-bond acceptors (Lipinski definition) is 6. The van der Waals surface area contributed by atoms with Gasteiger partial charge < -0.3 is 19.7 Å². The first-order chi connectivity index (χ1) is 17.0. The second-order valence-corrected chi connectivity index (χ2v) is 8.29. The Labute approximate surface area is 200 Å². The monoisotopic (exact) mass is 472 g/mol. The number of aliphatic hydroxyl groups excluding tert-OH is 2. The van der Waals surface area contributed by atoms with Crippen LogP contribution in [-0.2, 0) is 16.1 Å². The van der Waals surface area contributed by atoms with Crippen LogP contribution in [0.3, 0.4) is 0 Å². The molecular weight excluding hydrogens is 448 g/mol. The van der Waals surface area contributed by atoms with Gasteiger partial charge in [0.25, 0.3) is 5.56 Å². The molecule has 8 heteroatoms. The molecule has 0 bridgehead atoms. The number of aromatic nitrogens is 2. The first-order valence-electron chi connectivity index (χ1n) is 11.2. The highest BCUT2D eigenvalue weighted by molar-refractivity contribution is 5.41. The van der Waals surface area contributed by atoms with Crippen LogP contribution in [0.1, 0.15) is 11.1 Å². The van der Waals surface area contributed by atoms with E-state index in [0.29, 0.717) is 16.9 Å². The van der Waals surface area contributed by atoms with Crippen LogP contribution in [0.4, 0.5) is 0 Å². The molecule has 2 heterocycles. The van der Waals surface area contributed by atoms with E-state index in [-0.39, 0.29) is 0 Å². The molecule has 0 radical (unpaired) electrons. The third-order valence-corrected chi connectivity index (χ3v) is 6.33. The van der Waals surface area contributed by atoms with Crippen LogP contribution in [0.25, 0.3) is 0 Å². The molecule has 0 saturated carbocycles. The van der Waals surface area contributed by atoms with Gasteiger partial charge in [0, 0.05) is 23.4 Å². The van der Waals surface area contributed by atoms with Crippen molar-refractivity contribution in [3.05, 3.63) is 135 Å². The lowest BCUT2D eigenvalue weighted by Crippen LogP contribution is -2.62. The normalized spacial score (nSPS) is 25.9. The number of benzene rings is 3. The predicted octanol–water partition coefficient (Wildman–Crippen LogP) is 1.96. The van der Waals surface area contributed by atoms with Gasteiger partial charge in [-0.3, -0.25) is 14.3 Å². The summed E-state index contributed by atoms with van der Waals surface area (Å²) >= 11 is 0. The number of nitrogens with zero attached hydrogens (tertiary/aromatic N) is 1. The summed E-state index contributed by atoms with van der Waals surface area (Å²) in [5, 5.41) is 22.1. The second-order valence-electron chi connectivity index (χ2n) is 8.29. The van der Waals surface area contributed by atoms with Gasteiger partial charge in [-0.1, -0.05) is 78.9 Å². The van der Waals surface area contributed by atoms with Gasteiger partial charge in [0.05, 0.1) is 6.61 Å². The zero-order valence-corrected chi connectivity index (χ0v) is 18.7. The fourth-order valence-corrected chi connectivity index (χ4v) is 4.87. The average Bonchev–Trinajstić information content (AvgIpc) is 3.15. The summed E-state index contributed by atoms with van der Waals surface area (Å²) in [6.45, 7) is -0.541. The van der Waals surface area contributed by atoms with E-state index in [0.717, 1.165) is 0 Å². The smallest absolute Gasteiger partial charge is 0.331 e. The third-order valence-electron chi connectivity index (χ3n) is 6.33. The first-order valence-corrected chi connectivity index (χ1v) is 11.2. The minimum absolute atomic E-state index is 0.412. The van der Waals surface area contributed by atoms with Crippen LogP contribution in [-0.4, -0.2) is 38.6 Å². The second kappa shape index (κ2) is 8.99. The summed E-state index contributed by atoms with van der Waals surface area (Å²) in [5.74, 6) is 0.412. The molecule has 178 valence electrons. The lowest BCUT2D eigenvalue weighted by molar-refractivity contribution is -0.164. The fraction of sp³-hybridized carbons (Fsp3) is 0.185. The Hall–Kier alpha value is -3.98. The Balaban J connectivity index is 1.94. The average molecular weight is 472 g/mol. The quantitative estimate of drug-likeness (QED) is 0.395. The Bertz CT molecular complexity index is 1410. The van der Waals surface area contributed by atoms with Gasteiger partial charge in [-0.05, 0) is 12.1 Å². The molecule has 5 rings (SSSR count). The van der Waals surface area contributed by atoms with Crippen LogP contribution in [0.15, 0.2) is 113 Å². The maximum atomic E-state index is 13.3. The topological polar surface area (TPSA) is 114 Å². The number of nitrogens with one attached hydrogen (secondary N) is 1. The number of hydrogen-bond donors (Lipinski definition) is 3. The van der Waals surface area contributed by atoms with Crippen molar-refractivity contribution in [3.8, 4) is 5.75 Å². The van der Waals surface area contributed by atoms with E-state index in [9.17, 15) is 19.8 Å². The number of H-pyrrole nitrogens is 1. The SMILES string of the molecule is O=c1ccn([C@]2(c3ccccc3)O[C@H](CO)[C@@H](O)[C@]2(Oc2ccccc2)c2ccccc2)c(=O)[nH]1. The molecule has 0 spiro atoms. The Morgan fingerprint density at radius 1 is 0.857 bits per heavy atom. The highest BCUT2D eigenvalue weighted by Crippen LogP contribution is 2.55. The first kappa shape index (κ1) is 22.8. The maximum Gasteiger partial charge on any atom is 0.331 e. The number of para-hydroxylation sites is 1. The number of aliphatic hydroxyl groups is 2. The van der Waals surface area contributed by atoms with Gasteiger partial charge in [-0.15, -0.1) is 0 Å². The summed E-state index contributed by atoms with van der Waals surface area (Å²) in [5.41, 5.74) is -3.94. The number of ether oxygens (including phenoxy) is 2. The van der Waals surface area contributed by atoms with E-state index in [2.05, 4.69) is 4.98 Å². The van der Waals surface area contributed by atoms with Gasteiger partial charge >= 0.3 is 5.69 Å². The zero-order chi connectivity index (χ0) is 24.5. The van der Waals surface area contributed by atoms with E-state index in [1.807, 2.05) is 18.2 Å². The largest absolute Gasteiger partial charge is 0.474 e. The summed E-state index contributed by atoms with van der Waals surface area (Å²) < 4.78 is 14.3. The fourth-order valence-electron chi connectivity index (χ4n) is 4.87. The molecule has 3 aromatic carbocycles. The van der Waals surface area contributed by atoms with Crippen molar-refractivity contribution >= 4 is 0 Å². The molecule has 1 aromatic heterocycles. The molecular formula is C27H24N2O6.